The fourth-order valence-electron chi connectivity index (χ4n) is 2.97. The predicted octanol–water partition coefficient (Wildman–Crippen LogP) is 4.24. The highest BCUT2D eigenvalue weighted by Crippen LogP contribution is 2.33. The molecule has 3 rings (SSSR count). The zero-order valence-electron chi connectivity index (χ0n) is 17.0. The minimum atomic E-state index is -0.453. The number of rotatable bonds is 8. The van der Waals surface area contributed by atoms with E-state index in [2.05, 4.69) is 15.6 Å². The Bertz CT molecular complexity index is 1100. The zero-order chi connectivity index (χ0) is 22.4. The average Bonchev–Trinajstić information content (AvgIpc) is 2.73. The third-order valence-corrected chi connectivity index (χ3v) is 5.07. The van der Waals surface area contributed by atoms with E-state index in [9.17, 15) is 9.59 Å². The number of amides is 2. The molecule has 0 aliphatic carbocycles. The van der Waals surface area contributed by atoms with Crippen LogP contribution in [0.3, 0.4) is 0 Å². The summed E-state index contributed by atoms with van der Waals surface area (Å²) < 4.78 is 10.7. The van der Waals surface area contributed by atoms with Crippen molar-refractivity contribution in [1.82, 2.24) is 10.3 Å². The second-order valence-corrected chi connectivity index (χ2v) is 7.47. The van der Waals surface area contributed by atoms with E-state index in [4.69, 9.17) is 32.7 Å². The number of pyridine rings is 1. The number of nitrogens with one attached hydrogen (secondary N) is 2. The van der Waals surface area contributed by atoms with E-state index in [1.165, 1.54) is 0 Å². The van der Waals surface area contributed by atoms with Crippen molar-refractivity contribution in [3.63, 3.8) is 0 Å². The van der Waals surface area contributed by atoms with Crippen LogP contribution in [0.2, 0.25) is 10.0 Å². The number of para-hydroxylation sites is 1. The number of hydrogen-bond acceptors (Lipinski definition) is 5. The van der Waals surface area contributed by atoms with Gasteiger partial charge in [0.15, 0.2) is 6.61 Å². The minimum absolute atomic E-state index is 0.157. The standard InChI is InChI=1S/C22H21Cl2N3O4/c1-13-11-26-20-14(21(13)31-12-18(28)25-9-10-30-2)5-3-8-17(20)27-22(29)19-15(23)6-4-7-16(19)24/h3-8,11H,9-10,12H2,1-2H3,(H,25,28)(H,27,29). The smallest absolute Gasteiger partial charge is 0.258 e. The van der Waals surface area contributed by atoms with E-state index < -0.39 is 5.91 Å². The summed E-state index contributed by atoms with van der Waals surface area (Å²) in [6, 6.07) is 10.1. The van der Waals surface area contributed by atoms with E-state index in [-0.39, 0.29) is 28.1 Å². The number of halogens is 2. The van der Waals surface area contributed by atoms with Gasteiger partial charge in [0.2, 0.25) is 0 Å². The lowest BCUT2D eigenvalue weighted by Crippen LogP contribution is -2.31. The Morgan fingerprint density at radius 3 is 2.52 bits per heavy atom. The second kappa shape index (κ2) is 10.4. The number of benzene rings is 2. The quantitative estimate of drug-likeness (QED) is 0.489. The number of methoxy groups -OCH3 is 1. The molecule has 0 aliphatic rings. The minimum Gasteiger partial charge on any atom is -0.483 e. The van der Waals surface area contributed by atoms with Crippen LogP contribution in [-0.2, 0) is 9.53 Å². The fourth-order valence-corrected chi connectivity index (χ4v) is 3.54. The maximum Gasteiger partial charge on any atom is 0.258 e. The SMILES string of the molecule is COCCNC(=O)COc1c(C)cnc2c(NC(=O)c3c(Cl)cccc3Cl)cccc12. The zero-order valence-corrected chi connectivity index (χ0v) is 18.5. The number of carbonyl (C=O) groups is 2. The highest BCUT2D eigenvalue weighted by atomic mass is 35.5. The van der Waals surface area contributed by atoms with Gasteiger partial charge in [0.05, 0.1) is 33.4 Å². The topological polar surface area (TPSA) is 89.6 Å². The summed E-state index contributed by atoms with van der Waals surface area (Å²) in [5, 5.41) is 6.67. The summed E-state index contributed by atoms with van der Waals surface area (Å²) in [4.78, 5) is 29.2. The molecule has 9 heteroatoms. The van der Waals surface area contributed by atoms with Crippen molar-refractivity contribution in [3.8, 4) is 5.75 Å². The molecule has 2 aromatic carbocycles. The van der Waals surface area contributed by atoms with Crippen LogP contribution in [0.5, 0.6) is 5.75 Å². The predicted molar refractivity (Wildman–Crippen MR) is 121 cm³/mol. The molecule has 1 aromatic heterocycles. The van der Waals surface area contributed by atoms with Gasteiger partial charge < -0.3 is 20.1 Å². The van der Waals surface area contributed by atoms with E-state index >= 15 is 0 Å². The van der Waals surface area contributed by atoms with Gasteiger partial charge in [-0.1, -0.05) is 35.3 Å². The molecule has 0 saturated carbocycles. The lowest BCUT2D eigenvalue weighted by molar-refractivity contribution is -0.123. The summed E-state index contributed by atoms with van der Waals surface area (Å²) in [6.07, 6.45) is 1.62. The lowest BCUT2D eigenvalue weighted by Gasteiger charge is -2.14. The van der Waals surface area contributed by atoms with E-state index in [0.717, 1.165) is 5.56 Å². The van der Waals surface area contributed by atoms with Crippen LogP contribution in [0, 0.1) is 6.92 Å². The third kappa shape index (κ3) is 5.44. The van der Waals surface area contributed by atoms with Crippen molar-refractivity contribution in [2.75, 3.05) is 32.2 Å². The Hall–Kier alpha value is -2.87. The summed E-state index contributed by atoms with van der Waals surface area (Å²) in [5.41, 5.74) is 1.92. The molecule has 0 aliphatic heterocycles. The number of anilines is 1. The molecule has 2 amide bonds. The Kier molecular flexibility index (Phi) is 7.68. The van der Waals surface area contributed by atoms with Crippen LogP contribution in [0.15, 0.2) is 42.6 Å². The molecule has 0 bridgehead atoms. The van der Waals surface area contributed by atoms with Crippen LogP contribution in [-0.4, -0.2) is 43.7 Å². The van der Waals surface area contributed by atoms with Crippen LogP contribution in [0.4, 0.5) is 5.69 Å². The molecule has 0 saturated heterocycles. The molecule has 162 valence electrons. The third-order valence-electron chi connectivity index (χ3n) is 4.44. The Morgan fingerprint density at radius 2 is 1.81 bits per heavy atom. The van der Waals surface area contributed by atoms with E-state index in [0.29, 0.717) is 35.5 Å². The van der Waals surface area contributed by atoms with Crippen molar-refractivity contribution in [3.05, 3.63) is 63.8 Å². The van der Waals surface area contributed by atoms with Gasteiger partial charge in [0.1, 0.15) is 5.75 Å². The van der Waals surface area contributed by atoms with Crippen LogP contribution >= 0.6 is 23.2 Å². The summed E-state index contributed by atoms with van der Waals surface area (Å²) in [7, 11) is 1.56. The molecule has 0 unspecified atom stereocenters. The average molecular weight is 462 g/mol. The normalized spacial score (nSPS) is 10.7. The molecule has 7 nitrogen and oxygen atoms in total. The van der Waals surface area contributed by atoms with E-state index in [1.807, 2.05) is 13.0 Å². The molecule has 0 spiro atoms. The van der Waals surface area contributed by atoms with Crippen molar-refractivity contribution < 1.29 is 19.1 Å². The second-order valence-electron chi connectivity index (χ2n) is 6.65. The monoisotopic (exact) mass is 461 g/mol. The number of nitrogens with zero attached hydrogens (tertiary/aromatic N) is 1. The fraction of sp³-hybridized carbons (Fsp3) is 0.227. The number of hydrogen-bond donors (Lipinski definition) is 2. The van der Waals surface area contributed by atoms with Crippen molar-refractivity contribution >= 4 is 51.6 Å². The molecule has 0 fully saturated rings. The molecule has 0 atom stereocenters. The van der Waals surface area contributed by atoms with Crippen LogP contribution in [0.25, 0.3) is 10.9 Å². The number of carbonyl (C=O) groups excluding carboxylic acids is 2. The van der Waals surface area contributed by atoms with Gasteiger partial charge in [-0.2, -0.15) is 0 Å². The molecular weight excluding hydrogens is 441 g/mol. The first-order valence-corrected chi connectivity index (χ1v) is 10.2. The largest absolute Gasteiger partial charge is 0.483 e. The van der Waals surface area contributed by atoms with Crippen molar-refractivity contribution in [1.29, 1.82) is 0 Å². The highest BCUT2D eigenvalue weighted by molar-refractivity contribution is 6.40. The van der Waals surface area contributed by atoms with Gasteiger partial charge in [-0.15, -0.1) is 0 Å². The maximum absolute atomic E-state index is 12.8. The summed E-state index contributed by atoms with van der Waals surface area (Å²) in [6.45, 7) is 2.49. The van der Waals surface area contributed by atoms with Crippen molar-refractivity contribution in [2.45, 2.75) is 6.92 Å². The molecular formula is C22H21Cl2N3O4. The number of fused-ring (bicyclic) bond motifs is 1. The molecule has 2 N–H and O–H groups in total. The number of aryl methyl sites for hydroxylation is 1. The van der Waals surface area contributed by atoms with Gasteiger partial charge >= 0.3 is 0 Å². The number of aromatic nitrogens is 1. The lowest BCUT2D eigenvalue weighted by atomic mass is 10.1. The van der Waals surface area contributed by atoms with Gasteiger partial charge in [-0.25, -0.2) is 0 Å². The Morgan fingerprint density at radius 1 is 1.10 bits per heavy atom. The van der Waals surface area contributed by atoms with E-state index in [1.54, 1.807) is 43.6 Å². The van der Waals surface area contributed by atoms with Gasteiger partial charge in [-0.05, 0) is 31.2 Å². The van der Waals surface area contributed by atoms with Crippen molar-refractivity contribution in [2.24, 2.45) is 0 Å². The molecule has 3 aromatic rings. The Labute approximate surface area is 189 Å². The first kappa shape index (κ1) is 22.8. The van der Waals surface area contributed by atoms with Gasteiger partial charge in [0.25, 0.3) is 11.8 Å². The number of ether oxygens (including phenoxy) is 2. The first-order chi connectivity index (χ1) is 14.9. The highest BCUT2D eigenvalue weighted by Gasteiger charge is 2.17. The first-order valence-electron chi connectivity index (χ1n) is 9.44. The van der Waals surface area contributed by atoms with Gasteiger partial charge in [0, 0.05) is 30.8 Å². The van der Waals surface area contributed by atoms with Crippen LogP contribution in [0.1, 0.15) is 15.9 Å². The van der Waals surface area contributed by atoms with Gasteiger partial charge in [-0.3, -0.25) is 14.6 Å². The molecule has 31 heavy (non-hydrogen) atoms. The summed E-state index contributed by atoms with van der Waals surface area (Å²) >= 11 is 12.3. The molecule has 1 heterocycles. The van der Waals surface area contributed by atoms with Crippen LogP contribution < -0.4 is 15.4 Å². The summed E-state index contributed by atoms with van der Waals surface area (Å²) in [5.74, 6) is -0.205. The molecule has 0 radical (unpaired) electrons. The maximum atomic E-state index is 12.8. The Balaban J connectivity index is 1.86.